The molecule has 3 heteroatoms. The molecule has 0 radical (unpaired) electrons. The van der Waals surface area contributed by atoms with Gasteiger partial charge >= 0.3 is 0 Å². The number of hydrogen-bond acceptors (Lipinski definition) is 2. The van der Waals surface area contributed by atoms with Crippen molar-refractivity contribution in [2.75, 3.05) is 0 Å². The van der Waals surface area contributed by atoms with E-state index in [4.69, 9.17) is 9.79 Å². The molecular formula is C3H5O2P. The van der Waals surface area contributed by atoms with Gasteiger partial charge in [-0.15, -0.1) is 5.73 Å². The second kappa shape index (κ2) is 3.08. The highest BCUT2D eigenvalue weighted by Gasteiger charge is 1.81. The Morgan fingerprint density at radius 1 is 1.67 bits per heavy atom. The van der Waals surface area contributed by atoms with Gasteiger partial charge in [0.2, 0.25) is 0 Å². The molecule has 0 saturated heterocycles. The van der Waals surface area contributed by atoms with Gasteiger partial charge in [-0.1, -0.05) is 6.58 Å². The van der Waals surface area contributed by atoms with E-state index < -0.39 is 8.38 Å². The summed E-state index contributed by atoms with van der Waals surface area (Å²) in [7, 11) is -1.90. The third-order valence-corrected chi connectivity index (χ3v) is 0.620. The van der Waals surface area contributed by atoms with Crippen LogP contribution in [0.4, 0.5) is 0 Å². The summed E-state index contributed by atoms with van der Waals surface area (Å²) in [6.45, 7) is 3.12. The summed E-state index contributed by atoms with van der Waals surface area (Å²) in [5, 5.41) is 0. The van der Waals surface area contributed by atoms with Crippen molar-refractivity contribution >= 4 is 8.38 Å². The van der Waals surface area contributed by atoms with Crippen LogP contribution in [-0.4, -0.2) is 9.79 Å². The van der Waals surface area contributed by atoms with Gasteiger partial charge in [-0.2, -0.15) is 0 Å². The molecule has 2 N–H and O–H groups in total. The molecule has 0 amide bonds. The van der Waals surface area contributed by atoms with Crippen molar-refractivity contribution < 1.29 is 9.79 Å². The van der Waals surface area contributed by atoms with Gasteiger partial charge in [0.15, 0.2) is 8.38 Å². The first-order valence-electron chi connectivity index (χ1n) is 1.30. The second-order valence-electron chi connectivity index (χ2n) is 0.654. The SMILES string of the molecule is C=C=CP(O)O. The van der Waals surface area contributed by atoms with E-state index in [0.717, 1.165) is 5.82 Å². The summed E-state index contributed by atoms with van der Waals surface area (Å²) in [5.41, 5.74) is 2.22. The maximum atomic E-state index is 8.01. The molecule has 0 atom stereocenters. The molecule has 0 heterocycles. The molecule has 0 aromatic carbocycles. The van der Waals surface area contributed by atoms with Gasteiger partial charge in [0.05, 0.1) is 0 Å². The van der Waals surface area contributed by atoms with Crippen LogP contribution in [0.3, 0.4) is 0 Å². The molecule has 0 rings (SSSR count). The number of hydrogen-bond donors (Lipinski definition) is 2. The van der Waals surface area contributed by atoms with E-state index in [1.165, 1.54) is 0 Å². The Morgan fingerprint density at radius 3 is 2.17 bits per heavy atom. The minimum absolute atomic E-state index is 1.11. The van der Waals surface area contributed by atoms with Crippen LogP contribution >= 0.6 is 8.38 Å². The van der Waals surface area contributed by atoms with E-state index in [0.29, 0.717) is 0 Å². The van der Waals surface area contributed by atoms with Crippen molar-refractivity contribution in [1.29, 1.82) is 0 Å². The van der Waals surface area contributed by atoms with Crippen LogP contribution in [0, 0.1) is 0 Å². The highest BCUT2D eigenvalue weighted by Crippen LogP contribution is 2.22. The molecule has 34 valence electrons. The van der Waals surface area contributed by atoms with Crippen LogP contribution < -0.4 is 0 Å². The standard InChI is InChI=1S/C3H5O2P/c1-2-3-6(4)5/h3-5H,1H2. The zero-order valence-corrected chi connectivity index (χ0v) is 4.02. The summed E-state index contributed by atoms with van der Waals surface area (Å²) >= 11 is 0. The molecule has 2 nitrogen and oxygen atoms in total. The van der Waals surface area contributed by atoms with Gasteiger partial charge in [-0.25, -0.2) is 0 Å². The minimum atomic E-state index is -1.90. The first kappa shape index (κ1) is 5.87. The average Bonchev–Trinajstić information content (AvgIpc) is 1.35. The molecule has 0 aromatic heterocycles. The lowest BCUT2D eigenvalue weighted by Crippen LogP contribution is -1.52. The summed E-state index contributed by atoms with van der Waals surface area (Å²) in [6.07, 6.45) is 0. The fourth-order valence-electron chi connectivity index (χ4n) is 0.0816. The largest absolute Gasteiger partial charge is 0.347 e. The van der Waals surface area contributed by atoms with Gasteiger partial charge in [0.25, 0.3) is 0 Å². The predicted octanol–water partition coefficient (Wildman–Crippen LogP) is 0.581. The van der Waals surface area contributed by atoms with Crippen molar-refractivity contribution in [1.82, 2.24) is 0 Å². The van der Waals surface area contributed by atoms with E-state index in [1.807, 2.05) is 0 Å². The van der Waals surface area contributed by atoms with Crippen LogP contribution in [0.2, 0.25) is 0 Å². The Kier molecular flexibility index (Phi) is 3.01. The fourth-order valence-corrected chi connectivity index (χ4v) is 0.245. The van der Waals surface area contributed by atoms with Crippen molar-refractivity contribution in [3.05, 3.63) is 18.1 Å². The zero-order valence-electron chi connectivity index (χ0n) is 3.13. The predicted molar refractivity (Wildman–Crippen MR) is 25.1 cm³/mol. The lowest BCUT2D eigenvalue weighted by Gasteiger charge is -1.82. The maximum absolute atomic E-state index is 8.01. The van der Waals surface area contributed by atoms with Crippen LogP contribution in [0.25, 0.3) is 0 Å². The quantitative estimate of drug-likeness (QED) is 0.377. The maximum Gasteiger partial charge on any atom is 0.200 e. The minimum Gasteiger partial charge on any atom is -0.347 e. The van der Waals surface area contributed by atoms with Gasteiger partial charge in [0.1, 0.15) is 0 Å². The van der Waals surface area contributed by atoms with Crippen molar-refractivity contribution in [3.8, 4) is 0 Å². The van der Waals surface area contributed by atoms with Crippen LogP contribution in [-0.2, 0) is 0 Å². The topological polar surface area (TPSA) is 40.5 Å². The zero-order chi connectivity index (χ0) is 4.99. The Hall–Kier alpha value is -0.130. The van der Waals surface area contributed by atoms with Crippen LogP contribution in [0.15, 0.2) is 18.1 Å². The monoisotopic (exact) mass is 104 g/mol. The normalized spacial score (nSPS) is 7.83. The van der Waals surface area contributed by atoms with E-state index in [9.17, 15) is 0 Å². The summed E-state index contributed by atoms with van der Waals surface area (Å²) < 4.78 is 0. The fraction of sp³-hybridized carbons (Fsp3) is 0. The first-order valence-corrected chi connectivity index (χ1v) is 2.62. The van der Waals surface area contributed by atoms with Gasteiger partial charge in [-0.05, 0) is 0 Å². The molecule has 0 unspecified atom stereocenters. The van der Waals surface area contributed by atoms with E-state index >= 15 is 0 Å². The van der Waals surface area contributed by atoms with E-state index in [2.05, 4.69) is 12.3 Å². The highest BCUT2D eigenvalue weighted by molar-refractivity contribution is 7.48. The summed E-state index contributed by atoms with van der Waals surface area (Å²) in [5.74, 6) is 1.11. The van der Waals surface area contributed by atoms with Gasteiger partial charge in [0, 0.05) is 5.82 Å². The van der Waals surface area contributed by atoms with Gasteiger partial charge in [-0.3, -0.25) is 0 Å². The third kappa shape index (κ3) is 3.87. The molecule has 0 aliphatic carbocycles. The molecule has 0 bridgehead atoms. The van der Waals surface area contributed by atoms with Crippen molar-refractivity contribution in [2.45, 2.75) is 0 Å². The van der Waals surface area contributed by atoms with Gasteiger partial charge < -0.3 is 9.79 Å². The molecule has 0 aliphatic rings. The summed E-state index contributed by atoms with van der Waals surface area (Å²) in [6, 6.07) is 0. The first-order chi connectivity index (χ1) is 2.77. The van der Waals surface area contributed by atoms with Crippen molar-refractivity contribution in [2.24, 2.45) is 0 Å². The highest BCUT2D eigenvalue weighted by atomic mass is 31.2. The Morgan fingerprint density at radius 2 is 2.17 bits per heavy atom. The van der Waals surface area contributed by atoms with E-state index in [1.54, 1.807) is 0 Å². The molecule has 0 aromatic rings. The Labute approximate surface area is 37.4 Å². The molecule has 0 fully saturated rings. The molecule has 0 saturated carbocycles. The lowest BCUT2D eigenvalue weighted by molar-refractivity contribution is 0.496. The second-order valence-corrected chi connectivity index (χ2v) is 1.55. The van der Waals surface area contributed by atoms with Crippen LogP contribution in [0.1, 0.15) is 0 Å². The molecule has 0 aliphatic heterocycles. The average molecular weight is 104 g/mol. The summed E-state index contributed by atoms with van der Waals surface area (Å²) in [4.78, 5) is 16.0. The third-order valence-electron chi connectivity index (χ3n) is 0.207. The Balaban J connectivity index is 3.29. The molecular weight excluding hydrogens is 99.0 g/mol. The molecule has 6 heavy (non-hydrogen) atoms. The van der Waals surface area contributed by atoms with Crippen LogP contribution in [0.5, 0.6) is 0 Å². The number of rotatable bonds is 1. The van der Waals surface area contributed by atoms with Crippen molar-refractivity contribution in [3.63, 3.8) is 0 Å². The lowest BCUT2D eigenvalue weighted by atomic mass is 11.0. The smallest absolute Gasteiger partial charge is 0.200 e. The Bertz CT molecular complexity index is 72.9. The van der Waals surface area contributed by atoms with E-state index in [-0.39, 0.29) is 0 Å². The molecule has 0 spiro atoms.